The van der Waals surface area contributed by atoms with E-state index in [1.54, 1.807) is 36.4 Å². The lowest BCUT2D eigenvalue weighted by Crippen LogP contribution is -2.45. The molecular weight excluding hydrogens is 419 g/mol. The zero-order valence-electron chi connectivity index (χ0n) is 17.0. The molecule has 1 aliphatic carbocycles. The van der Waals surface area contributed by atoms with Gasteiger partial charge in [0.15, 0.2) is 0 Å². The van der Waals surface area contributed by atoms with Crippen molar-refractivity contribution in [3.8, 4) is 0 Å². The molecule has 1 atom stereocenters. The van der Waals surface area contributed by atoms with Crippen molar-refractivity contribution >= 4 is 11.0 Å². The van der Waals surface area contributed by atoms with E-state index >= 15 is 0 Å². The van der Waals surface area contributed by atoms with Gasteiger partial charge in [0, 0.05) is 6.04 Å². The van der Waals surface area contributed by atoms with Gasteiger partial charge in [0.2, 0.25) is 0 Å². The van der Waals surface area contributed by atoms with Crippen molar-refractivity contribution in [2.75, 3.05) is 0 Å². The van der Waals surface area contributed by atoms with E-state index in [0.717, 1.165) is 32.1 Å². The molecule has 162 valence electrons. The molecule has 0 aromatic heterocycles. The molecule has 1 unspecified atom stereocenters. The van der Waals surface area contributed by atoms with Crippen molar-refractivity contribution in [1.82, 2.24) is 4.72 Å². The lowest BCUT2D eigenvalue weighted by atomic mass is 9.84. The van der Waals surface area contributed by atoms with E-state index < -0.39 is 33.2 Å². The Hall–Kier alpha value is -2.44. The van der Waals surface area contributed by atoms with Gasteiger partial charge in [-0.15, -0.1) is 0 Å². The van der Waals surface area contributed by atoms with Gasteiger partial charge in [-0.05, 0) is 65.9 Å². The quantitative estimate of drug-likeness (QED) is 0.467. The Morgan fingerprint density at radius 1 is 0.645 bits per heavy atom. The highest BCUT2D eigenvalue weighted by molar-refractivity contribution is 7.84. The van der Waals surface area contributed by atoms with E-state index in [4.69, 9.17) is 0 Å². The standard InChI is InChI=1S/C25H24F3NOS/c26-21-12-6-18(7-13-21)25(19-8-14-22(27)15-9-19,20-10-16-23(28)17-11-20)31(30)29-24-4-2-1-3-5-24/h6-17,24,29H,1-5H2. The molecule has 4 rings (SSSR count). The highest BCUT2D eigenvalue weighted by atomic mass is 32.2. The molecular formula is C25H24F3NOS. The van der Waals surface area contributed by atoms with Crippen molar-refractivity contribution in [2.45, 2.75) is 42.9 Å². The SMILES string of the molecule is O=S(NC1CCCCC1)C(c1ccc(F)cc1)(c1ccc(F)cc1)c1ccc(F)cc1. The Balaban J connectivity index is 1.92. The number of benzene rings is 3. The first-order valence-corrected chi connectivity index (χ1v) is 11.6. The Kier molecular flexibility index (Phi) is 6.58. The second kappa shape index (κ2) is 9.37. The maximum atomic E-state index is 14.1. The van der Waals surface area contributed by atoms with E-state index in [2.05, 4.69) is 4.72 Å². The first-order chi connectivity index (χ1) is 15.0. The van der Waals surface area contributed by atoms with E-state index in [1.165, 1.54) is 36.4 Å². The number of nitrogens with one attached hydrogen (secondary N) is 1. The van der Waals surface area contributed by atoms with Crippen LogP contribution in [-0.4, -0.2) is 10.3 Å². The molecule has 0 bridgehead atoms. The molecule has 1 N–H and O–H groups in total. The molecule has 0 saturated heterocycles. The molecule has 3 aromatic carbocycles. The second-order valence-corrected chi connectivity index (χ2v) is 9.31. The van der Waals surface area contributed by atoms with Crippen LogP contribution in [0.4, 0.5) is 13.2 Å². The number of halogens is 3. The summed E-state index contributed by atoms with van der Waals surface area (Å²) < 4.78 is 57.4. The summed E-state index contributed by atoms with van der Waals surface area (Å²) in [5, 5.41) is 0. The molecule has 31 heavy (non-hydrogen) atoms. The average molecular weight is 444 g/mol. The summed E-state index contributed by atoms with van der Waals surface area (Å²) in [6, 6.07) is 17.5. The van der Waals surface area contributed by atoms with Crippen molar-refractivity contribution < 1.29 is 17.4 Å². The van der Waals surface area contributed by atoms with Crippen molar-refractivity contribution in [3.63, 3.8) is 0 Å². The molecule has 0 spiro atoms. The van der Waals surface area contributed by atoms with Gasteiger partial charge >= 0.3 is 0 Å². The Morgan fingerprint density at radius 2 is 1.00 bits per heavy atom. The first-order valence-electron chi connectivity index (χ1n) is 10.5. The summed E-state index contributed by atoms with van der Waals surface area (Å²) >= 11 is 0. The van der Waals surface area contributed by atoms with Crippen LogP contribution in [0.2, 0.25) is 0 Å². The predicted octanol–water partition coefficient (Wildman–Crippen LogP) is 5.98. The summed E-state index contributed by atoms with van der Waals surface area (Å²) in [5.41, 5.74) is 1.73. The van der Waals surface area contributed by atoms with E-state index in [1.807, 2.05) is 0 Å². The second-order valence-electron chi connectivity index (χ2n) is 7.92. The van der Waals surface area contributed by atoms with Gasteiger partial charge in [0.05, 0.1) is 0 Å². The third kappa shape index (κ3) is 4.46. The number of hydrogen-bond acceptors (Lipinski definition) is 1. The van der Waals surface area contributed by atoms with Gasteiger partial charge < -0.3 is 0 Å². The minimum Gasteiger partial charge on any atom is -0.241 e. The molecule has 0 heterocycles. The van der Waals surface area contributed by atoms with Gasteiger partial charge in [-0.3, -0.25) is 0 Å². The van der Waals surface area contributed by atoms with Gasteiger partial charge in [-0.2, -0.15) is 0 Å². The fourth-order valence-electron chi connectivity index (χ4n) is 4.34. The summed E-state index contributed by atoms with van der Waals surface area (Å²) in [6.45, 7) is 0. The van der Waals surface area contributed by atoms with Crippen LogP contribution in [0.3, 0.4) is 0 Å². The van der Waals surface area contributed by atoms with Crippen LogP contribution in [0.1, 0.15) is 48.8 Å². The van der Waals surface area contributed by atoms with Crippen LogP contribution in [0, 0.1) is 17.5 Å². The molecule has 6 heteroatoms. The topological polar surface area (TPSA) is 29.1 Å². The number of rotatable bonds is 6. The van der Waals surface area contributed by atoms with Crippen LogP contribution in [0.5, 0.6) is 0 Å². The average Bonchev–Trinajstić information content (AvgIpc) is 2.78. The minimum atomic E-state index is -1.70. The zero-order chi connectivity index (χ0) is 21.8. The van der Waals surface area contributed by atoms with Gasteiger partial charge in [0.25, 0.3) is 0 Å². The summed E-state index contributed by atoms with van der Waals surface area (Å²) in [7, 11) is -1.70. The summed E-state index contributed by atoms with van der Waals surface area (Å²) in [6.07, 6.45) is 5.11. The Bertz CT molecular complexity index is 919. The molecule has 0 radical (unpaired) electrons. The zero-order valence-corrected chi connectivity index (χ0v) is 17.8. The molecule has 0 aliphatic heterocycles. The molecule has 1 saturated carbocycles. The summed E-state index contributed by atoms with van der Waals surface area (Å²) in [5.74, 6) is -1.24. The van der Waals surface area contributed by atoms with Gasteiger partial charge in [-0.25, -0.2) is 22.1 Å². The molecule has 0 amide bonds. The predicted molar refractivity (Wildman–Crippen MR) is 117 cm³/mol. The van der Waals surface area contributed by atoms with Gasteiger partial charge in [0.1, 0.15) is 33.2 Å². The molecule has 3 aromatic rings. The fourth-order valence-corrected chi connectivity index (χ4v) is 6.10. The maximum Gasteiger partial charge on any atom is 0.135 e. The van der Waals surface area contributed by atoms with Crippen LogP contribution < -0.4 is 4.72 Å². The minimum absolute atomic E-state index is 0.0790. The normalized spacial score (nSPS) is 16.2. The lowest BCUT2D eigenvalue weighted by molar-refractivity contribution is 0.417. The maximum absolute atomic E-state index is 14.1. The number of hydrogen-bond donors (Lipinski definition) is 1. The van der Waals surface area contributed by atoms with Crippen molar-refractivity contribution in [1.29, 1.82) is 0 Å². The Labute approximate surface area is 183 Å². The Morgan fingerprint density at radius 3 is 1.35 bits per heavy atom. The van der Waals surface area contributed by atoms with Crippen molar-refractivity contribution in [2.24, 2.45) is 0 Å². The fraction of sp³-hybridized carbons (Fsp3) is 0.280. The smallest absolute Gasteiger partial charge is 0.135 e. The summed E-state index contributed by atoms with van der Waals surface area (Å²) in [4.78, 5) is 0. The lowest BCUT2D eigenvalue weighted by Gasteiger charge is -2.37. The molecule has 1 aliphatic rings. The largest absolute Gasteiger partial charge is 0.241 e. The van der Waals surface area contributed by atoms with E-state index in [0.29, 0.717) is 16.7 Å². The third-order valence-corrected chi connectivity index (χ3v) is 7.72. The highest BCUT2D eigenvalue weighted by Gasteiger charge is 2.44. The first kappa shape index (κ1) is 21.8. The van der Waals surface area contributed by atoms with E-state index in [9.17, 15) is 17.4 Å². The third-order valence-electron chi connectivity index (χ3n) is 5.91. The molecule has 2 nitrogen and oxygen atoms in total. The molecule has 1 fully saturated rings. The van der Waals surface area contributed by atoms with Crippen LogP contribution in [0.15, 0.2) is 72.8 Å². The van der Waals surface area contributed by atoms with Crippen LogP contribution in [0.25, 0.3) is 0 Å². The van der Waals surface area contributed by atoms with Crippen LogP contribution in [-0.2, 0) is 15.7 Å². The van der Waals surface area contributed by atoms with Crippen molar-refractivity contribution in [3.05, 3.63) is 107 Å². The van der Waals surface area contributed by atoms with E-state index in [-0.39, 0.29) is 6.04 Å². The monoisotopic (exact) mass is 443 g/mol. The van der Waals surface area contributed by atoms with Crippen LogP contribution >= 0.6 is 0 Å². The highest BCUT2D eigenvalue weighted by Crippen LogP contribution is 2.42. The van der Waals surface area contributed by atoms with Gasteiger partial charge in [-0.1, -0.05) is 55.7 Å².